The number of anilines is 3. The zero-order valence-electron chi connectivity index (χ0n) is 32.0. The number of fused-ring (bicyclic) bond motifs is 4. The van der Waals surface area contributed by atoms with Gasteiger partial charge in [0.25, 0.3) is 0 Å². The maximum Gasteiger partial charge on any atom is 0.0493 e. The minimum Gasteiger partial charge on any atom is -0.310 e. The van der Waals surface area contributed by atoms with Gasteiger partial charge in [-0.2, -0.15) is 0 Å². The molecule has 54 heavy (non-hydrogen) atoms. The van der Waals surface area contributed by atoms with Gasteiger partial charge in [-0.15, -0.1) is 0 Å². The molecule has 1 heteroatoms. The fourth-order valence-electron chi connectivity index (χ4n) is 8.86. The number of nitrogens with zero attached hydrogens (tertiary/aromatic N) is 1. The Labute approximate surface area is 320 Å². The van der Waals surface area contributed by atoms with Crippen molar-refractivity contribution in [2.45, 2.75) is 58.3 Å². The van der Waals surface area contributed by atoms with Gasteiger partial charge in [0.1, 0.15) is 0 Å². The molecule has 0 aliphatic heterocycles. The predicted molar refractivity (Wildman–Crippen MR) is 232 cm³/mol. The molecular formula is C53H47N. The van der Waals surface area contributed by atoms with Crippen LogP contribution in [0.5, 0.6) is 0 Å². The van der Waals surface area contributed by atoms with E-state index in [4.69, 9.17) is 0 Å². The molecule has 264 valence electrons. The van der Waals surface area contributed by atoms with Gasteiger partial charge in [0.2, 0.25) is 0 Å². The van der Waals surface area contributed by atoms with E-state index in [1.54, 1.807) is 0 Å². The molecule has 0 saturated carbocycles. The minimum atomic E-state index is 0.102. The Morgan fingerprint density at radius 3 is 1.48 bits per heavy atom. The standard InChI is InChI=1S/C53H47N/c1-36-33-49-50(53(4,5)32-31-52(49,2)3)35-51(36)54(41-27-23-38(24-28-41)44-19-12-11-18-43(44)37-15-7-6-8-16-37)42-29-25-39(26-30-42)48-34-40-17-9-10-20-45(40)46-21-13-14-22-47(46)48/h6-30,33-35H,31-32H2,1-5H3. The van der Waals surface area contributed by atoms with Crippen molar-refractivity contribution in [2.75, 3.05) is 4.90 Å². The van der Waals surface area contributed by atoms with Crippen molar-refractivity contribution in [2.24, 2.45) is 0 Å². The van der Waals surface area contributed by atoms with Gasteiger partial charge < -0.3 is 4.90 Å². The maximum atomic E-state index is 2.51. The normalized spacial score (nSPS) is 14.5. The van der Waals surface area contributed by atoms with Crippen LogP contribution in [-0.4, -0.2) is 0 Å². The third-order valence-electron chi connectivity index (χ3n) is 12.1. The maximum absolute atomic E-state index is 2.51. The summed E-state index contributed by atoms with van der Waals surface area (Å²) in [6.45, 7) is 12.0. The molecule has 8 aromatic carbocycles. The van der Waals surface area contributed by atoms with Gasteiger partial charge in [-0.1, -0.05) is 161 Å². The van der Waals surface area contributed by atoms with E-state index in [0.29, 0.717) is 0 Å². The van der Waals surface area contributed by atoms with E-state index in [9.17, 15) is 0 Å². The first-order chi connectivity index (χ1) is 26.2. The third-order valence-corrected chi connectivity index (χ3v) is 12.1. The Bertz CT molecular complexity index is 2640. The molecule has 1 nitrogen and oxygen atoms in total. The first kappa shape index (κ1) is 33.9. The smallest absolute Gasteiger partial charge is 0.0493 e. The predicted octanol–water partition coefficient (Wildman–Crippen LogP) is 15.1. The Morgan fingerprint density at radius 1 is 0.407 bits per heavy atom. The molecule has 1 aliphatic rings. The second kappa shape index (κ2) is 13.2. The molecule has 0 atom stereocenters. The Morgan fingerprint density at radius 2 is 0.870 bits per heavy atom. The summed E-state index contributed by atoms with van der Waals surface area (Å²) in [6.07, 6.45) is 2.38. The molecule has 0 spiro atoms. The van der Waals surface area contributed by atoms with Gasteiger partial charge >= 0.3 is 0 Å². The summed E-state index contributed by atoms with van der Waals surface area (Å²) in [5.74, 6) is 0. The first-order valence-corrected chi connectivity index (χ1v) is 19.4. The monoisotopic (exact) mass is 697 g/mol. The molecule has 0 aromatic heterocycles. The lowest BCUT2D eigenvalue weighted by atomic mass is 9.63. The molecule has 0 bridgehead atoms. The van der Waals surface area contributed by atoms with Crippen LogP contribution in [-0.2, 0) is 10.8 Å². The van der Waals surface area contributed by atoms with Gasteiger partial charge in [0, 0.05) is 17.1 Å². The third kappa shape index (κ3) is 5.89. The number of aryl methyl sites for hydroxylation is 1. The second-order valence-electron chi connectivity index (χ2n) is 16.5. The average Bonchev–Trinajstić information content (AvgIpc) is 3.21. The molecule has 0 N–H and O–H groups in total. The molecule has 8 aromatic rings. The van der Waals surface area contributed by atoms with E-state index in [1.165, 1.54) is 90.1 Å². The molecule has 0 fully saturated rings. The summed E-state index contributed by atoms with van der Waals surface area (Å²) >= 11 is 0. The SMILES string of the molecule is Cc1cc2c(cc1N(c1ccc(-c3ccccc3-c3ccccc3)cc1)c1ccc(-c3cc4ccccc4c4ccccc34)cc1)C(C)(C)CCC2(C)C. The number of benzene rings is 8. The summed E-state index contributed by atoms with van der Waals surface area (Å²) in [4.78, 5) is 2.47. The molecular weight excluding hydrogens is 651 g/mol. The fourth-order valence-corrected chi connectivity index (χ4v) is 8.86. The molecule has 0 heterocycles. The minimum absolute atomic E-state index is 0.102. The van der Waals surface area contributed by atoms with E-state index in [-0.39, 0.29) is 10.8 Å². The lowest BCUT2D eigenvalue weighted by molar-refractivity contribution is 0.332. The molecule has 0 amide bonds. The zero-order chi connectivity index (χ0) is 37.0. The van der Waals surface area contributed by atoms with Crippen LogP contribution in [0.15, 0.2) is 170 Å². The zero-order valence-corrected chi connectivity index (χ0v) is 32.0. The van der Waals surface area contributed by atoms with Crippen LogP contribution >= 0.6 is 0 Å². The first-order valence-electron chi connectivity index (χ1n) is 19.4. The molecule has 1 aliphatic carbocycles. The highest BCUT2D eigenvalue weighted by Gasteiger charge is 2.38. The van der Waals surface area contributed by atoms with Crippen molar-refractivity contribution in [3.05, 3.63) is 187 Å². The van der Waals surface area contributed by atoms with Crippen molar-refractivity contribution in [3.8, 4) is 33.4 Å². The lowest BCUT2D eigenvalue weighted by Gasteiger charge is -2.43. The summed E-state index contributed by atoms with van der Waals surface area (Å²) in [5, 5.41) is 5.13. The Balaban J connectivity index is 1.19. The van der Waals surface area contributed by atoms with Gasteiger partial charge in [0.15, 0.2) is 0 Å². The van der Waals surface area contributed by atoms with Crippen LogP contribution in [0, 0.1) is 6.92 Å². The molecule has 0 unspecified atom stereocenters. The lowest BCUT2D eigenvalue weighted by Crippen LogP contribution is -2.34. The van der Waals surface area contributed by atoms with Crippen LogP contribution in [0.4, 0.5) is 17.1 Å². The summed E-state index contributed by atoms with van der Waals surface area (Å²) in [7, 11) is 0. The van der Waals surface area contributed by atoms with E-state index >= 15 is 0 Å². The van der Waals surface area contributed by atoms with Gasteiger partial charge in [-0.3, -0.25) is 0 Å². The molecule has 0 radical (unpaired) electrons. The van der Waals surface area contributed by atoms with E-state index in [0.717, 1.165) is 11.4 Å². The van der Waals surface area contributed by atoms with Crippen LogP contribution in [0.25, 0.3) is 54.9 Å². The quantitative estimate of drug-likeness (QED) is 0.156. The highest BCUT2D eigenvalue weighted by molar-refractivity contribution is 6.13. The highest BCUT2D eigenvalue weighted by atomic mass is 15.1. The van der Waals surface area contributed by atoms with Crippen LogP contribution < -0.4 is 4.90 Å². The van der Waals surface area contributed by atoms with Gasteiger partial charge in [-0.05, 0) is 139 Å². The largest absolute Gasteiger partial charge is 0.310 e. The van der Waals surface area contributed by atoms with Crippen LogP contribution in [0.3, 0.4) is 0 Å². The van der Waals surface area contributed by atoms with E-state index < -0.39 is 0 Å². The van der Waals surface area contributed by atoms with Crippen LogP contribution in [0.2, 0.25) is 0 Å². The average molecular weight is 698 g/mol. The summed E-state index contributed by atoms with van der Waals surface area (Å²) < 4.78 is 0. The van der Waals surface area contributed by atoms with E-state index in [2.05, 4.69) is 209 Å². The summed E-state index contributed by atoms with van der Waals surface area (Å²) in [6, 6.07) is 62.8. The second-order valence-corrected chi connectivity index (χ2v) is 16.5. The van der Waals surface area contributed by atoms with Crippen molar-refractivity contribution in [1.29, 1.82) is 0 Å². The van der Waals surface area contributed by atoms with E-state index in [1.807, 2.05) is 0 Å². The summed E-state index contributed by atoms with van der Waals surface area (Å²) in [5.41, 5.74) is 15.4. The van der Waals surface area contributed by atoms with Gasteiger partial charge in [0.05, 0.1) is 0 Å². The Kier molecular flexibility index (Phi) is 8.27. The van der Waals surface area contributed by atoms with Gasteiger partial charge in [-0.25, -0.2) is 0 Å². The van der Waals surface area contributed by atoms with Crippen molar-refractivity contribution in [3.63, 3.8) is 0 Å². The highest BCUT2D eigenvalue weighted by Crippen LogP contribution is 2.50. The molecule has 9 rings (SSSR count). The fraction of sp³-hybridized carbons (Fsp3) is 0.170. The number of rotatable bonds is 6. The van der Waals surface area contributed by atoms with Crippen molar-refractivity contribution in [1.82, 2.24) is 0 Å². The topological polar surface area (TPSA) is 3.24 Å². The Hall–Kier alpha value is -5.92. The number of hydrogen-bond donors (Lipinski definition) is 0. The van der Waals surface area contributed by atoms with Crippen molar-refractivity contribution >= 4 is 38.6 Å². The van der Waals surface area contributed by atoms with Crippen molar-refractivity contribution < 1.29 is 0 Å². The van der Waals surface area contributed by atoms with Crippen LogP contribution in [0.1, 0.15) is 57.2 Å². The molecule has 0 saturated heterocycles. The number of hydrogen-bond acceptors (Lipinski definition) is 1.